The molecule has 14 heavy (non-hydrogen) atoms. The Hall–Kier alpha value is -1.04. The summed E-state index contributed by atoms with van der Waals surface area (Å²) in [5, 5.41) is 5.00. The standard InChI is InChI=1S/C7H9N3O2S2/c8-10-9-4-2-6-14(11,12)7-3-1-5-13-7/h1,3,5H,2,4,6H2. The van der Waals surface area contributed by atoms with Gasteiger partial charge in [-0.25, -0.2) is 8.42 Å². The number of hydrogen-bond acceptors (Lipinski definition) is 4. The van der Waals surface area contributed by atoms with Crippen molar-refractivity contribution in [3.63, 3.8) is 0 Å². The highest BCUT2D eigenvalue weighted by atomic mass is 32.2. The van der Waals surface area contributed by atoms with Crippen molar-refractivity contribution in [2.45, 2.75) is 10.6 Å². The largest absolute Gasteiger partial charge is 0.223 e. The minimum absolute atomic E-state index is 0.0343. The maximum atomic E-state index is 11.5. The van der Waals surface area contributed by atoms with E-state index in [2.05, 4.69) is 10.0 Å². The topological polar surface area (TPSA) is 82.9 Å². The molecule has 0 bridgehead atoms. The van der Waals surface area contributed by atoms with E-state index in [9.17, 15) is 8.42 Å². The summed E-state index contributed by atoms with van der Waals surface area (Å²) in [6.45, 7) is 0.223. The van der Waals surface area contributed by atoms with E-state index in [4.69, 9.17) is 5.53 Å². The van der Waals surface area contributed by atoms with Crippen molar-refractivity contribution in [3.05, 3.63) is 28.0 Å². The molecule has 0 amide bonds. The van der Waals surface area contributed by atoms with Crippen molar-refractivity contribution in [1.82, 2.24) is 0 Å². The molecule has 1 rings (SSSR count). The Balaban J connectivity index is 2.56. The zero-order valence-electron chi connectivity index (χ0n) is 7.33. The Morgan fingerprint density at radius 2 is 2.36 bits per heavy atom. The molecule has 0 aliphatic carbocycles. The maximum absolute atomic E-state index is 11.5. The highest BCUT2D eigenvalue weighted by Crippen LogP contribution is 2.17. The highest BCUT2D eigenvalue weighted by molar-refractivity contribution is 7.93. The molecule has 0 saturated heterocycles. The average Bonchev–Trinajstić information content (AvgIpc) is 2.65. The van der Waals surface area contributed by atoms with Crippen molar-refractivity contribution < 1.29 is 8.42 Å². The van der Waals surface area contributed by atoms with Gasteiger partial charge in [-0.2, -0.15) is 0 Å². The second kappa shape index (κ2) is 4.99. The summed E-state index contributed by atoms with van der Waals surface area (Å²) in [5.41, 5.74) is 7.99. The van der Waals surface area contributed by atoms with Crippen LogP contribution in [-0.4, -0.2) is 20.7 Å². The SMILES string of the molecule is [N-]=[N+]=NCCCS(=O)(=O)c1cccs1. The smallest absolute Gasteiger partial charge is 0.187 e. The monoisotopic (exact) mass is 231 g/mol. The molecule has 5 nitrogen and oxygen atoms in total. The lowest BCUT2D eigenvalue weighted by Crippen LogP contribution is -2.05. The van der Waals surface area contributed by atoms with Crippen molar-refractivity contribution in [1.29, 1.82) is 0 Å². The van der Waals surface area contributed by atoms with E-state index in [0.717, 1.165) is 0 Å². The third kappa shape index (κ3) is 3.02. The predicted octanol–water partition coefficient (Wildman–Crippen LogP) is 2.22. The molecule has 0 unspecified atom stereocenters. The molecule has 0 aromatic carbocycles. The van der Waals surface area contributed by atoms with Gasteiger partial charge in [0.1, 0.15) is 4.21 Å². The number of thiophene rings is 1. The van der Waals surface area contributed by atoms with Gasteiger partial charge in [-0.3, -0.25) is 0 Å². The van der Waals surface area contributed by atoms with Crippen LogP contribution in [0.1, 0.15) is 6.42 Å². The first kappa shape index (κ1) is 11.0. The predicted molar refractivity (Wildman–Crippen MR) is 55.0 cm³/mol. The van der Waals surface area contributed by atoms with E-state index in [1.807, 2.05) is 0 Å². The van der Waals surface area contributed by atoms with Gasteiger partial charge >= 0.3 is 0 Å². The first-order valence-electron chi connectivity index (χ1n) is 3.94. The molecule has 76 valence electrons. The second-order valence-electron chi connectivity index (χ2n) is 2.56. The summed E-state index contributed by atoms with van der Waals surface area (Å²) in [6.07, 6.45) is 0.365. The lowest BCUT2D eigenvalue weighted by Gasteiger charge is -1.98. The van der Waals surface area contributed by atoms with Crippen LogP contribution < -0.4 is 0 Å². The number of hydrogen-bond donors (Lipinski definition) is 0. The molecule has 0 spiro atoms. The summed E-state index contributed by atoms with van der Waals surface area (Å²) >= 11 is 1.20. The van der Waals surface area contributed by atoms with E-state index in [1.54, 1.807) is 17.5 Å². The van der Waals surface area contributed by atoms with Gasteiger partial charge in [-0.05, 0) is 23.4 Å². The van der Waals surface area contributed by atoms with Crippen LogP contribution in [0.4, 0.5) is 0 Å². The van der Waals surface area contributed by atoms with Gasteiger partial charge in [0.15, 0.2) is 9.84 Å². The molecule has 0 radical (unpaired) electrons. The molecule has 0 fully saturated rings. The third-order valence-corrected chi connectivity index (χ3v) is 4.82. The molecule has 0 saturated carbocycles. The van der Waals surface area contributed by atoms with Crippen LogP contribution in [0.3, 0.4) is 0 Å². The van der Waals surface area contributed by atoms with Gasteiger partial charge in [-0.15, -0.1) is 11.3 Å². The summed E-state index contributed by atoms with van der Waals surface area (Å²) in [7, 11) is -3.16. The number of nitrogens with zero attached hydrogens (tertiary/aromatic N) is 3. The van der Waals surface area contributed by atoms with Crippen LogP contribution in [0, 0.1) is 0 Å². The fourth-order valence-electron chi connectivity index (χ4n) is 0.911. The molecule has 1 heterocycles. The van der Waals surface area contributed by atoms with Crippen LogP contribution >= 0.6 is 11.3 Å². The van der Waals surface area contributed by atoms with Crippen LogP contribution in [0.25, 0.3) is 10.4 Å². The lowest BCUT2D eigenvalue weighted by atomic mass is 10.5. The zero-order chi connectivity index (χ0) is 10.4. The summed E-state index contributed by atoms with van der Waals surface area (Å²) in [4.78, 5) is 2.55. The first-order valence-corrected chi connectivity index (χ1v) is 6.47. The van der Waals surface area contributed by atoms with E-state index >= 15 is 0 Å². The maximum Gasteiger partial charge on any atom is 0.187 e. The lowest BCUT2D eigenvalue weighted by molar-refractivity contribution is 0.595. The van der Waals surface area contributed by atoms with Gasteiger partial charge in [0.2, 0.25) is 0 Å². The normalized spacial score (nSPS) is 10.9. The van der Waals surface area contributed by atoms with Gasteiger partial charge in [0, 0.05) is 11.5 Å². The molecule has 0 aliphatic rings. The average molecular weight is 231 g/mol. The van der Waals surface area contributed by atoms with Gasteiger partial charge < -0.3 is 0 Å². The quantitative estimate of drug-likeness (QED) is 0.337. The molecular weight excluding hydrogens is 222 g/mol. The number of azide groups is 1. The molecule has 7 heteroatoms. The van der Waals surface area contributed by atoms with Gasteiger partial charge in [0.25, 0.3) is 0 Å². The zero-order valence-corrected chi connectivity index (χ0v) is 8.96. The third-order valence-electron chi connectivity index (χ3n) is 1.54. The molecule has 1 aromatic rings. The number of rotatable bonds is 5. The Bertz CT molecular complexity index is 418. The van der Waals surface area contributed by atoms with E-state index in [0.29, 0.717) is 10.6 Å². The summed E-state index contributed by atoms with van der Waals surface area (Å²) in [5.74, 6) is 0.0343. The van der Waals surface area contributed by atoms with Gasteiger partial charge in [0.05, 0.1) is 5.75 Å². The highest BCUT2D eigenvalue weighted by Gasteiger charge is 2.13. The van der Waals surface area contributed by atoms with E-state index < -0.39 is 9.84 Å². The minimum Gasteiger partial charge on any atom is -0.223 e. The fourth-order valence-corrected chi connectivity index (χ4v) is 3.36. The molecule has 1 aromatic heterocycles. The Labute approximate surface area is 85.9 Å². The van der Waals surface area contributed by atoms with Crippen LogP contribution in [0.15, 0.2) is 26.8 Å². The minimum atomic E-state index is -3.16. The van der Waals surface area contributed by atoms with E-state index in [-0.39, 0.29) is 12.3 Å². The summed E-state index contributed by atoms with van der Waals surface area (Å²) in [6, 6.07) is 3.28. The molecule has 0 N–H and O–H groups in total. The Kier molecular flexibility index (Phi) is 3.94. The van der Waals surface area contributed by atoms with Crippen molar-refractivity contribution in [2.24, 2.45) is 5.11 Å². The summed E-state index contributed by atoms with van der Waals surface area (Å²) < 4.78 is 23.4. The Morgan fingerprint density at radius 1 is 1.57 bits per heavy atom. The Morgan fingerprint density at radius 3 is 2.93 bits per heavy atom. The van der Waals surface area contributed by atoms with Crippen molar-refractivity contribution in [3.8, 4) is 0 Å². The van der Waals surface area contributed by atoms with Crippen LogP contribution in [-0.2, 0) is 9.84 Å². The van der Waals surface area contributed by atoms with E-state index in [1.165, 1.54) is 11.3 Å². The van der Waals surface area contributed by atoms with Gasteiger partial charge in [-0.1, -0.05) is 11.2 Å². The molecular formula is C7H9N3O2S2. The van der Waals surface area contributed by atoms with Crippen molar-refractivity contribution in [2.75, 3.05) is 12.3 Å². The molecule has 0 atom stereocenters. The van der Waals surface area contributed by atoms with Crippen LogP contribution in [0.2, 0.25) is 0 Å². The molecule has 0 aliphatic heterocycles. The second-order valence-corrected chi connectivity index (χ2v) is 5.84. The first-order chi connectivity index (χ1) is 6.67. The number of sulfone groups is 1. The fraction of sp³-hybridized carbons (Fsp3) is 0.429. The van der Waals surface area contributed by atoms with Crippen LogP contribution in [0.5, 0.6) is 0 Å². The van der Waals surface area contributed by atoms with Crippen molar-refractivity contribution >= 4 is 21.2 Å².